The third kappa shape index (κ3) is 2.75. The number of nitrogens with one attached hydrogen (secondary N) is 1. The third-order valence-corrected chi connectivity index (χ3v) is 4.73. The summed E-state index contributed by atoms with van der Waals surface area (Å²) in [7, 11) is 0. The fourth-order valence-corrected chi connectivity index (χ4v) is 3.82. The number of hydrogen-bond donors (Lipinski definition) is 1. The Morgan fingerprint density at radius 1 is 1.26 bits per heavy atom. The number of para-hydroxylation sites is 1. The highest BCUT2D eigenvalue weighted by molar-refractivity contribution is 5.70. The maximum Gasteiger partial charge on any atom is 0.412 e. The van der Waals surface area contributed by atoms with Gasteiger partial charge >= 0.3 is 6.09 Å². The minimum absolute atomic E-state index is 0.214. The average molecular weight is 259 g/mol. The van der Waals surface area contributed by atoms with E-state index >= 15 is 0 Å². The fraction of sp³-hybridized carbons (Fsp3) is 0.562. The van der Waals surface area contributed by atoms with Crippen LogP contribution in [0.3, 0.4) is 0 Å². The lowest BCUT2D eigenvalue weighted by Gasteiger charge is -2.28. The van der Waals surface area contributed by atoms with Gasteiger partial charge in [-0.15, -0.1) is 0 Å². The Bertz CT molecular complexity index is 445. The summed E-state index contributed by atoms with van der Waals surface area (Å²) < 4.78 is 5.27. The normalized spacial score (nSPS) is 30.1. The minimum Gasteiger partial charge on any atom is -0.410 e. The van der Waals surface area contributed by atoms with Crippen molar-refractivity contribution in [2.24, 2.45) is 17.8 Å². The molecular weight excluding hydrogens is 238 g/mol. The molecule has 2 fully saturated rings. The van der Waals surface area contributed by atoms with Gasteiger partial charge in [0.2, 0.25) is 0 Å². The Morgan fingerprint density at radius 2 is 2.05 bits per heavy atom. The zero-order valence-electron chi connectivity index (χ0n) is 11.3. The van der Waals surface area contributed by atoms with Crippen LogP contribution in [0.2, 0.25) is 0 Å². The average Bonchev–Trinajstić information content (AvgIpc) is 3.02. The summed E-state index contributed by atoms with van der Waals surface area (Å²) in [6.45, 7) is 2.11. The van der Waals surface area contributed by atoms with Crippen LogP contribution in [0.1, 0.15) is 32.6 Å². The maximum atomic E-state index is 11.9. The molecule has 2 saturated carbocycles. The second-order valence-corrected chi connectivity index (χ2v) is 5.97. The number of carbonyl (C=O) groups excluding carboxylic acids is 1. The first-order chi connectivity index (χ1) is 9.22. The number of hydrogen-bond acceptors (Lipinski definition) is 2. The lowest BCUT2D eigenvalue weighted by Crippen LogP contribution is -2.41. The van der Waals surface area contributed by atoms with Crippen molar-refractivity contribution in [1.29, 1.82) is 0 Å². The second-order valence-electron chi connectivity index (χ2n) is 5.97. The number of ether oxygens (including phenoxy) is 1. The molecule has 102 valence electrons. The first-order valence-corrected chi connectivity index (χ1v) is 7.26. The Hall–Kier alpha value is -1.51. The van der Waals surface area contributed by atoms with Gasteiger partial charge in [-0.25, -0.2) is 4.79 Å². The van der Waals surface area contributed by atoms with Crippen LogP contribution in [-0.2, 0) is 0 Å². The Labute approximate surface area is 114 Å². The molecule has 3 nitrogen and oxygen atoms in total. The Morgan fingerprint density at radius 3 is 2.68 bits per heavy atom. The van der Waals surface area contributed by atoms with E-state index in [-0.39, 0.29) is 12.1 Å². The molecule has 0 spiro atoms. The predicted molar refractivity (Wildman–Crippen MR) is 74.0 cm³/mol. The molecule has 2 aliphatic carbocycles. The van der Waals surface area contributed by atoms with Crippen LogP contribution in [0, 0.1) is 17.8 Å². The van der Waals surface area contributed by atoms with Gasteiger partial charge in [0.25, 0.3) is 0 Å². The molecule has 3 heteroatoms. The maximum absolute atomic E-state index is 11.9. The first kappa shape index (κ1) is 12.5. The van der Waals surface area contributed by atoms with Gasteiger partial charge in [-0.05, 0) is 56.1 Å². The van der Waals surface area contributed by atoms with Gasteiger partial charge in [0.1, 0.15) is 5.75 Å². The molecule has 0 aliphatic heterocycles. The molecule has 1 aromatic rings. The quantitative estimate of drug-likeness (QED) is 0.900. The molecule has 0 saturated heterocycles. The molecule has 0 aromatic heterocycles. The fourth-order valence-electron chi connectivity index (χ4n) is 3.82. The van der Waals surface area contributed by atoms with Crippen molar-refractivity contribution < 1.29 is 9.53 Å². The molecule has 2 aliphatic rings. The standard InChI is InChI=1S/C16H21NO2/c1-11(15-10-12-7-8-13(15)9-12)17-16(18)19-14-5-3-2-4-6-14/h2-6,11-13,15H,7-10H2,1H3,(H,17,18)/t11-,12-,13-,15-/m1/s1. The highest BCUT2D eigenvalue weighted by atomic mass is 16.6. The van der Waals surface area contributed by atoms with Gasteiger partial charge < -0.3 is 10.1 Å². The van der Waals surface area contributed by atoms with Crippen LogP contribution in [0.25, 0.3) is 0 Å². The lowest BCUT2D eigenvalue weighted by atomic mass is 9.84. The van der Waals surface area contributed by atoms with E-state index in [0.29, 0.717) is 11.7 Å². The number of fused-ring (bicyclic) bond motifs is 2. The van der Waals surface area contributed by atoms with Gasteiger partial charge in [-0.2, -0.15) is 0 Å². The first-order valence-electron chi connectivity index (χ1n) is 7.26. The zero-order valence-corrected chi connectivity index (χ0v) is 11.3. The van der Waals surface area contributed by atoms with Crippen LogP contribution in [0.5, 0.6) is 5.75 Å². The van der Waals surface area contributed by atoms with Crippen LogP contribution >= 0.6 is 0 Å². The molecule has 0 heterocycles. The molecule has 0 unspecified atom stereocenters. The van der Waals surface area contributed by atoms with E-state index in [1.54, 1.807) is 12.1 Å². The Kier molecular flexibility index (Phi) is 3.45. The SMILES string of the molecule is C[C@@H](NC(=O)Oc1ccccc1)[C@H]1C[C@@H]2CC[C@@H]1C2. The molecule has 1 N–H and O–H groups in total. The molecular formula is C16H21NO2. The summed E-state index contributed by atoms with van der Waals surface area (Å²) >= 11 is 0. The van der Waals surface area contributed by atoms with Crippen LogP contribution in [0.4, 0.5) is 4.79 Å². The highest BCUT2D eigenvalue weighted by Crippen LogP contribution is 2.49. The highest BCUT2D eigenvalue weighted by Gasteiger charge is 2.42. The molecule has 19 heavy (non-hydrogen) atoms. The second kappa shape index (κ2) is 5.24. The van der Waals surface area contributed by atoms with Gasteiger partial charge in [0.05, 0.1) is 0 Å². The van der Waals surface area contributed by atoms with Gasteiger partial charge in [0.15, 0.2) is 0 Å². The summed E-state index contributed by atoms with van der Waals surface area (Å²) in [6.07, 6.45) is 5.04. The number of amides is 1. The van der Waals surface area contributed by atoms with Crippen molar-refractivity contribution in [1.82, 2.24) is 5.32 Å². The van der Waals surface area contributed by atoms with Crippen LogP contribution in [0.15, 0.2) is 30.3 Å². The van der Waals surface area contributed by atoms with E-state index in [2.05, 4.69) is 12.2 Å². The molecule has 3 rings (SSSR count). The van der Waals surface area contributed by atoms with Crippen LogP contribution in [-0.4, -0.2) is 12.1 Å². The number of carbonyl (C=O) groups is 1. The summed E-state index contributed by atoms with van der Waals surface area (Å²) in [6, 6.07) is 9.43. The summed E-state index contributed by atoms with van der Waals surface area (Å²) in [5.41, 5.74) is 0. The summed E-state index contributed by atoms with van der Waals surface area (Å²) in [5.74, 6) is 2.96. The van der Waals surface area contributed by atoms with Crippen molar-refractivity contribution >= 4 is 6.09 Å². The van der Waals surface area contributed by atoms with E-state index in [1.165, 1.54) is 25.7 Å². The van der Waals surface area contributed by atoms with Crippen molar-refractivity contribution in [3.63, 3.8) is 0 Å². The Balaban J connectivity index is 1.52. The van der Waals surface area contributed by atoms with Gasteiger partial charge in [-0.3, -0.25) is 0 Å². The van der Waals surface area contributed by atoms with E-state index in [1.807, 2.05) is 18.2 Å². The zero-order chi connectivity index (χ0) is 13.2. The van der Waals surface area contributed by atoms with E-state index in [0.717, 1.165) is 11.8 Å². The number of rotatable bonds is 3. The van der Waals surface area contributed by atoms with Gasteiger partial charge in [-0.1, -0.05) is 24.6 Å². The summed E-state index contributed by atoms with van der Waals surface area (Å²) in [5, 5.41) is 2.99. The molecule has 0 radical (unpaired) electrons. The minimum atomic E-state index is -0.332. The van der Waals surface area contributed by atoms with Crippen molar-refractivity contribution in [3.05, 3.63) is 30.3 Å². The van der Waals surface area contributed by atoms with Gasteiger partial charge in [0, 0.05) is 6.04 Å². The predicted octanol–water partition coefficient (Wildman–Crippen LogP) is 3.60. The van der Waals surface area contributed by atoms with E-state index in [4.69, 9.17) is 4.74 Å². The van der Waals surface area contributed by atoms with Crippen molar-refractivity contribution in [3.8, 4) is 5.75 Å². The summed E-state index contributed by atoms with van der Waals surface area (Å²) in [4.78, 5) is 11.9. The van der Waals surface area contributed by atoms with E-state index < -0.39 is 0 Å². The molecule has 2 bridgehead atoms. The topological polar surface area (TPSA) is 38.3 Å². The van der Waals surface area contributed by atoms with Crippen molar-refractivity contribution in [2.45, 2.75) is 38.6 Å². The third-order valence-electron chi connectivity index (χ3n) is 4.73. The monoisotopic (exact) mass is 259 g/mol. The molecule has 1 amide bonds. The molecule has 1 aromatic carbocycles. The van der Waals surface area contributed by atoms with Crippen molar-refractivity contribution in [2.75, 3.05) is 0 Å². The van der Waals surface area contributed by atoms with E-state index in [9.17, 15) is 4.79 Å². The smallest absolute Gasteiger partial charge is 0.410 e. The molecule has 4 atom stereocenters. The lowest BCUT2D eigenvalue weighted by molar-refractivity contribution is 0.184. The van der Waals surface area contributed by atoms with Crippen LogP contribution < -0.4 is 10.1 Å². The largest absolute Gasteiger partial charge is 0.412 e. The number of benzene rings is 1.